The maximum absolute atomic E-state index is 12.5. The molecule has 0 saturated carbocycles. The summed E-state index contributed by atoms with van der Waals surface area (Å²) in [7, 11) is 0. The van der Waals surface area contributed by atoms with E-state index in [9.17, 15) is 14.4 Å². The van der Waals surface area contributed by atoms with Crippen LogP contribution < -0.4 is 11.1 Å². The van der Waals surface area contributed by atoms with Crippen molar-refractivity contribution in [2.75, 3.05) is 19.6 Å². The number of hydrogen-bond donors (Lipinski definition) is 2. The first-order valence-corrected chi connectivity index (χ1v) is 10.2. The Hall–Kier alpha value is -2.12. The van der Waals surface area contributed by atoms with E-state index in [-0.39, 0.29) is 23.6 Å². The number of nitrogens with one attached hydrogen (secondary N) is 1. The van der Waals surface area contributed by atoms with Crippen molar-refractivity contribution < 1.29 is 14.4 Å². The van der Waals surface area contributed by atoms with Crippen molar-refractivity contribution in [1.82, 2.24) is 10.2 Å². The molecular formula is C20H27N3O3S. The van der Waals surface area contributed by atoms with Gasteiger partial charge in [-0.3, -0.25) is 19.3 Å². The summed E-state index contributed by atoms with van der Waals surface area (Å²) in [6, 6.07) is 8.00. The largest absolute Gasteiger partial charge is 0.355 e. The number of aryl methyl sites for hydroxylation is 1. The SMILES string of the molecule is CCc1ccc(/C=C2\SC(=O)N(CCCCCCNC(=O)CN)C2=O)cc1. The third kappa shape index (κ3) is 6.52. The molecule has 3 N–H and O–H groups in total. The summed E-state index contributed by atoms with van der Waals surface area (Å²) < 4.78 is 0. The molecule has 1 fully saturated rings. The second-order valence-corrected chi connectivity index (χ2v) is 7.39. The fourth-order valence-electron chi connectivity index (χ4n) is 2.74. The second kappa shape index (κ2) is 10.9. The Balaban J connectivity index is 1.76. The van der Waals surface area contributed by atoms with Gasteiger partial charge in [-0.25, -0.2) is 0 Å². The molecule has 1 heterocycles. The average molecular weight is 390 g/mol. The van der Waals surface area contributed by atoms with Gasteiger partial charge >= 0.3 is 0 Å². The Morgan fingerprint density at radius 3 is 2.52 bits per heavy atom. The van der Waals surface area contributed by atoms with Crippen LogP contribution in [0.5, 0.6) is 0 Å². The lowest BCUT2D eigenvalue weighted by Crippen LogP contribution is -2.31. The minimum absolute atomic E-state index is 0.00937. The van der Waals surface area contributed by atoms with Crippen LogP contribution in [0.3, 0.4) is 0 Å². The maximum atomic E-state index is 12.5. The van der Waals surface area contributed by atoms with Crippen LogP contribution in [0.15, 0.2) is 29.2 Å². The Morgan fingerprint density at radius 2 is 1.85 bits per heavy atom. The number of rotatable bonds is 10. The van der Waals surface area contributed by atoms with E-state index in [2.05, 4.69) is 12.2 Å². The molecule has 0 aromatic heterocycles. The van der Waals surface area contributed by atoms with E-state index >= 15 is 0 Å². The zero-order valence-corrected chi connectivity index (χ0v) is 16.5. The number of nitrogens with zero attached hydrogens (tertiary/aromatic N) is 1. The first-order valence-electron chi connectivity index (χ1n) is 9.36. The third-order valence-electron chi connectivity index (χ3n) is 4.38. The van der Waals surface area contributed by atoms with Gasteiger partial charge in [0.05, 0.1) is 11.4 Å². The molecule has 0 bridgehead atoms. The topological polar surface area (TPSA) is 92.5 Å². The van der Waals surface area contributed by atoms with Crippen LogP contribution in [0.1, 0.15) is 43.7 Å². The van der Waals surface area contributed by atoms with Crippen molar-refractivity contribution in [1.29, 1.82) is 0 Å². The van der Waals surface area contributed by atoms with Crippen molar-refractivity contribution in [2.45, 2.75) is 39.0 Å². The number of carbonyl (C=O) groups excluding carboxylic acids is 3. The molecule has 0 unspecified atom stereocenters. The van der Waals surface area contributed by atoms with Crippen LogP contribution in [0, 0.1) is 0 Å². The summed E-state index contributed by atoms with van der Waals surface area (Å²) in [6.07, 6.45) is 6.21. The normalized spacial score (nSPS) is 15.6. The van der Waals surface area contributed by atoms with E-state index in [0.29, 0.717) is 18.0 Å². The summed E-state index contributed by atoms with van der Waals surface area (Å²) in [4.78, 5) is 37.4. The lowest BCUT2D eigenvalue weighted by Gasteiger charge is -2.12. The second-order valence-electron chi connectivity index (χ2n) is 6.40. The molecule has 6 nitrogen and oxygen atoms in total. The highest BCUT2D eigenvalue weighted by Crippen LogP contribution is 2.32. The highest BCUT2D eigenvalue weighted by atomic mass is 32.2. The van der Waals surface area contributed by atoms with Crippen LogP contribution >= 0.6 is 11.8 Å². The maximum Gasteiger partial charge on any atom is 0.293 e. The molecule has 0 atom stereocenters. The molecule has 0 radical (unpaired) electrons. The summed E-state index contributed by atoms with van der Waals surface area (Å²) in [6.45, 7) is 3.15. The Bertz CT molecular complexity index is 701. The van der Waals surface area contributed by atoms with Crippen molar-refractivity contribution in [3.8, 4) is 0 Å². The number of benzene rings is 1. The van der Waals surface area contributed by atoms with Crippen molar-refractivity contribution >= 4 is 34.9 Å². The van der Waals surface area contributed by atoms with Gasteiger partial charge in [-0.1, -0.05) is 44.0 Å². The molecule has 3 amide bonds. The number of imide groups is 1. The minimum atomic E-state index is -0.209. The molecule has 1 aliphatic rings. The minimum Gasteiger partial charge on any atom is -0.355 e. The van der Waals surface area contributed by atoms with Gasteiger partial charge in [-0.2, -0.15) is 0 Å². The summed E-state index contributed by atoms with van der Waals surface area (Å²) >= 11 is 1.00. The standard InChI is InChI=1S/C20H27N3O3S/c1-2-15-7-9-16(10-8-15)13-17-19(25)23(20(26)27-17)12-6-4-3-5-11-22-18(24)14-21/h7-10,13H,2-6,11-12,14,21H2,1H3,(H,22,24)/b17-13-. The fraction of sp³-hybridized carbons (Fsp3) is 0.450. The smallest absolute Gasteiger partial charge is 0.293 e. The predicted molar refractivity (Wildman–Crippen MR) is 109 cm³/mol. The molecule has 0 spiro atoms. The zero-order chi connectivity index (χ0) is 19.6. The molecule has 1 aromatic carbocycles. The molecule has 0 aliphatic carbocycles. The van der Waals surface area contributed by atoms with Crippen molar-refractivity contribution in [2.24, 2.45) is 5.73 Å². The molecule has 1 aromatic rings. The molecule has 7 heteroatoms. The van der Waals surface area contributed by atoms with E-state index < -0.39 is 0 Å². The lowest BCUT2D eigenvalue weighted by atomic mass is 10.1. The van der Waals surface area contributed by atoms with Gasteiger partial charge in [-0.05, 0) is 48.2 Å². The monoisotopic (exact) mass is 389 g/mol. The van der Waals surface area contributed by atoms with Gasteiger partial charge in [0.1, 0.15) is 0 Å². The summed E-state index contributed by atoms with van der Waals surface area (Å²) in [5.41, 5.74) is 7.38. The van der Waals surface area contributed by atoms with Gasteiger partial charge in [0.2, 0.25) is 5.91 Å². The van der Waals surface area contributed by atoms with Crippen molar-refractivity contribution in [3.05, 3.63) is 40.3 Å². The Kier molecular flexibility index (Phi) is 8.54. The number of amides is 3. The van der Waals surface area contributed by atoms with E-state index in [0.717, 1.165) is 49.4 Å². The number of carbonyl (C=O) groups is 3. The van der Waals surface area contributed by atoms with Crippen LogP contribution in [-0.4, -0.2) is 41.6 Å². The summed E-state index contributed by atoms with van der Waals surface area (Å²) in [5.74, 6) is -0.358. The molecular weight excluding hydrogens is 362 g/mol. The molecule has 146 valence electrons. The fourth-order valence-corrected chi connectivity index (χ4v) is 3.61. The number of unbranched alkanes of at least 4 members (excludes halogenated alkanes) is 3. The van der Waals surface area contributed by atoms with E-state index in [4.69, 9.17) is 5.73 Å². The molecule has 1 aliphatic heterocycles. The predicted octanol–water partition coefficient (Wildman–Crippen LogP) is 2.92. The highest BCUT2D eigenvalue weighted by molar-refractivity contribution is 8.18. The molecule has 2 rings (SSSR count). The zero-order valence-electron chi connectivity index (χ0n) is 15.7. The number of thioether (sulfide) groups is 1. The van der Waals surface area contributed by atoms with Crippen LogP contribution in [0.2, 0.25) is 0 Å². The Labute approximate surface area is 164 Å². The van der Waals surface area contributed by atoms with Crippen LogP contribution in [0.4, 0.5) is 4.79 Å². The third-order valence-corrected chi connectivity index (χ3v) is 5.28. The van der Waals surface area contributed by atoms with Crippen LogP contribution in [-0.2, 0) is 16.0 Å². The molecule has 1 saturated heterocycles. The van der Waals surface area contributed by atoms with Crippen LogP contribution in [0.25, 0.3) is 6.08 Å². The number of hydrogen-bond acceptors (Lipinski definition) is 5. The molecule has 27 heavy (non-hydrogen) atoms. The van der Waals surface area contributed by atoms with Gasteiger partial charge in [0.15, 0.2) is 0 Å². The average Bonchev–Trinajstić information content (AvgIpc) is 2.94. The van der Waals surface area contributed by atoms with Gasteiger partial charge in [0, 0.05) is 13.1 Å². The van der Waals surface area contributed by atoms with E-state index in [1.807, 2.05) is 24.3 Å². The number of nitrogens with two attached hydrogens (primary N) is 1. The highest BCUT2D eigenvalue weighted by Gasteiger charge is 2.34. The van der Waals surface area contributed by atoms with Gasteiger partial charge in [0.25, 0.3) is 11.1 Å². The lowest BCUT2D eigenvalue weighted by molar-refractivity contribution is -0.123. The summed E-state index contributed by atoms with van der Waals surface area (Å²) in [5, 5.41) is 2.52. The Morgan fingerprint density at radius 1 is 1.15 bits per heavy atom. The van der Waals surface area contributed by atoms with Crippen molar-refractivity contribution in [3.63, 3.8) is 0 Å². The van der Waals surface area contributed by atoms with Gasteiger partial charge < -0.3 is 11.1 Å². The van der Waals surface area contributed by atoms with E-state index in [1.54, 1.807) is 6.08 Å². The van der Waals surface area contributed by atoms with E-state index in [1.165, 1.54) is 10.5 Å². The first kappa shape index (κ1) is 21.2. The van der Waals surface area contributed by atoms with Gasteiger partial charge in [-0.15, -0.1) is 0 Å². The quantitative estimate of drug-likeness (QED) is 0.474. The first-order chi connectivity index (χ1) is 13.0.